The molecule has 102 valence electrons. The molecule has 0 aromatic carbocycles. The Hall–Kier alpha value is -0.490. The van der Waals surface area contributed by atoms with Gasteiger partial charge in [0.1, 0.15) is 0 Å². The van der Waals surface area contributed by atoms with Crippen LogP contribution < -0.4 is 5.32 Å². The van der Waals surface area contributed by atoms with E-state index in [9.17, 15) is 0 Å². The SMILES string of the molecule is CNCc1sc(CCOCCOC)nc1C1CC1. The van der Waals surface area contributed by atoms with Gasteiger partial charge in [0.25, 0.3) is 0 Å². The Morgan fingerprint density at radius 3 is 2.83 bits per heavy atom. The largest absolute Gasteiger partial charge is 0.382 e. The zero-order valence-corrected chi connectivity index (χ0v) is 12.0. The molecule has 1 aromatic rings. The predicted molar refractivity (Wildman–Crippen MR) is 73.3 cm³/mol. The minimum Gasteiger partial charge on any atom is -0.382 e. The standard InChI is InChI=1S/C13H22N2O2S/c1-14-9-11-13(10-3-4-10)15-12(18-11)5-6-17-8-7-16-2/h10,14H,3-9H2,1-2H3. The molecule has 1 aromatic heterocycles. The van der Waals surface area contributed by atoms with Crippen LogP contribution in [0.2, 0.25) is 0 Å². The van der Waals surface area contributed by atoms with Crippen LogP contribution in [0.15, 0.2) is 0 Å². The van der Waals surface area contributed by atoms with Crippen LogP contribution in [0.1, 0.15) is 34.3 Å². The van der Waals surface area contributed by atoms with Gasteiger partial charge < -0.3 is 14.8 Å². The van der Waals surface area contributed by atoms with E-state index >= 15 is 0 Å². The summed E-state index contributed by atoms with van der Waals surface area (Å²) in [5, 5.41) is 4.43. The molecule has 2 rings (SSSR count). The first-order chi connectivity index (χ1) is 8.85. The van der Waals surface area contributed by atoms with Crippen LogP contribution in [0.5, 0.6) is 0 Å². The van der Waals surface area contributed by atoms with Crippen molar-refractivity contribution >= 4 is 11.3 Å². The fraction of sp³-hybridized carbons (Fsp3) is 0.769. The molecule has 0 amide bonds. The van der Waals surface area contributed by atoms with E-state index in [0.717, 1.165) is 25.5 Å². The summed E-state index contributed by atoms with van der Waals surface area (Å²) in [6.45, 7) is 3.00. The van der Waals surface area contributed by atoms with E-state index in [0.29, 0.717) is 13.2 Å². The van der Waals surface area contributed by atoms with Crippen LogP contribution in [0.25, 0.3) is 0 Å². The summed E-state index contributed by atoms with van der Waals surface area (Å²) >= 11 is 1.83. The van der Waals surface area contributed by atoms with Gasteiger partial charge in [-0.1, -0.05) is 0 Å². The summed E-state index contributed by atoms with van der Waals surface area (Å²) < 4.78 is 10.4. The van der Waals surface area contributed by atoms with Crippen molar-refractivity contribution in [3.8, 4) is 0 Å². The van der Waals surface area contributed by atoms with Gasteiger partial charge in [-0.2, -0.15) is 0 Å². The first-order valence-corrected chi connectivity index (χ1v) is 7.36. The zero-order valence-electron chi connectivity index (χ0n) is 11.2. The summed E-state index contributed by atoms with van der Waals surface area (Å²) in [5.74, 6) is 0.729. The Balaban J connectivity index is 1.82. The van der Waals surface area contributed by atoms with Crippen LogP contribution in [0.3, 0.4) is 0 Å². The molecule has 18 heavy (non-hydrogen) atoms. The second-order valence-electron chi connectivity index (χ2n) is 4.58. The van der Waals surface area contributed by atoms with E-state index in [1.165, 1.54) is 28.4 Å². The number of rotatable bonds is 9. The minimum absolute atomic E-state index is 0.663. The average Bonchev–Trinajstić information content (AvgIpc) is 3.13. The molecule has 0 saturated heterocycles. The quantitative estimate of drug-likeness (QED) is 0.697. The van der Waals surface area contributed by atoms with Crippen molar-refractivity contribution in [2.75, 3.05) is 34.0 Å². The Morgan fingerprint density at radius 1 is 1.33 bits per heavy atom. The van der Waals surface area contributed by atoms with Gasteiger partial charge in [-0.3, -0.25) is 0 Å². The molecule has 0 unspecified atom stereocenters. The smallest absolute Gasteiger partial charge is 0.0954 e. The van der Waals surface area contributed by atoms with E-state index in [1.807, 2.05) is 18.4 Å². The molecule has 5 heteroatoms. The highest BCUT2D eigenvalue weighted by atomic mass is 32.1. The fourth-order valence-corrected chi connectivity index (χ4v) is 3.03. The Bertz CT molecular complexity index is 364. The highest BCUT2D eigenvalue weighted by molar-refractivity contribution is 7.11. The second-order valence-corrected chi connectivity index (χ2v) is 5.74. The highest BCUT2D eigenvalue weighted by Gasteiger charge is 2.29. The predicted octanol–water partition coefficient (Wildman–Crippen LogP) is 1.95. The molecular formula is C13H22N2O2S. The molecule has 1 N–H and O–H groups in total. The Morgan fingerprint density at radius 2 is 2.17 bits per heavy atom. The van der Waals surface area contributed by atoms with Gasteiger partial charge in [-0.25, -0.2) is 4.98 Å². The molecule has 0 atom stereocenters. The third-order valence-corrected chi connectivity index (χ3v) is 4.10. The molecule has 1 fully saturated rings. The lowest BCUT2D eigenvalue weighted by atomic mass is 10.2. The lowest BCUT2D eigenvalue weighted by molar-refractivity contribution is 0.0722. The molecule has 0 bridgehead atoms. The van der Waals surface area contributed by atoms with Gasteiger partial charge in [0.15, 0.2) is 0 Å². The summed E-state index contributed by atoms with van der Waals surface area (Å²) in [7, 11) is 3.68. The minimum atomic E-state index is 0.663. The zero-order chi connectivity index (χ0) is 12.8. The fourth-order valence-electron chi connectivity index (χ4n) is 1.89. The molecule has 4 nitrogen and oxygen atoms in total. The molecule has 1 aliphatic carbocycles. The van der Waals surface area contributed by atoms with Gasteiger partial charge in [0.05, 0.1) is 30.5 Å². The van der Waals surface area contributed by atoms with Crippen molar-refractivity contribution in [1.29, 1.82) is 0 Å². The van der Waals surface area contributed by atoms with E-state index in [-0.39, 0.29) is 0 Å². The number of methoxy groups -OCH3 is 1. The van der Waals surface area contributed by atoms with Crippen LogP contribution in [-0.4, -0.2) is 39.0 Å². The van der Waals surface area contributed by atoms with Crippen molar-refractivity contribution in [2.45, 2.75) is 31.7 Å². The van der Waals surface area contributed by atoms with Gasteiger partial charge in [-0.15, -0.1) is 11.3 Å². The van der Waals surface area contributed by atoms with Gasteiger partial charge in [0, 0.05) is 30.9 Å². The number of nitrogens with one attached hydrogen (secondary N) is 1. The lowest BCUT2D eigenvalue weighted by Gasteiger charge is -2.00. The van der Waals surface area contributed by atoms with Crippen LogP contribution in [0.4, 0.5) is 0 Å². The monoisotopic (exact) mass is 270 g/mol. The third-order valence-electron chi connectivity index (χ3n) is 2.97. The van der Waals surface area contributed by atoms with E-state index in [1.54, 1.807) is 7.11 Å². The number of nitrogens with zero attached hydrogens (tertiary/aromatic N) is 1. The first kappa shape index (κ1) is 13.9. The number of ether oxygens (including phenoxy) is 2. The van der Waals surface area contributed by atoms with Crippen molar-refractivity contribution in [3.63, 3.8) is 0 Å². The van der Waals surface area contributed by atoms with Crippen LogP contribution in [-0.2, 0) is 22.4 Å². The highest BCUT2D eigenvalue weighted by Crippen LogP contribution is 2.42. The maximum absolute atomic E-state index is 5.49. The lowest BCUT2D eigenvalue weighted by Crippen LogP contribution is -2.05. The van der Waals surface area contributed by atoms with E-state index in [4.69, 9.17) is 14.5 Å². The van der Waals surface area contributed by atoms with Crippen molar-refractivity contribution < 1.29 is 9.47 Å². The number of hydrogen-bond acceptors (Lipinski definition) is 5. The summed E-state index contributed by atoms with van der Waals surface area (Å²) in [6.07, 6.45) is 3.53. The average molecular weight is 270 g/mol. The van der Waals surface area contributed by atoms with Gasteiger partial charge in [0.2, 0.25) is 0 Å². The van der Waals surface area contributed by atoms with Crippen molar-refractivity contribution in [3.05, 3.63) is 15.6 Å². The van der Waals surface area contributed by atoms with E-state index in [2.05, 4.69) is 5.32 Å². The van der Waals surface area contributed by atoms with Gasteiger partial charge in [-0.05, 0) is 19.9 Å². The van der Waals surface area contributed by atoms with Crippen LogP contribution in [0, 0.1) is 0 Å². The second kappa shape index (κ2) is 7.19. The maximum Gasteiger partial charge on any atom is 0.0954 e. The summed E-state index contributed by atoms with van der Waals surface area (Å²) in [4.78, 5) is 6.19. The maximum atomic E-state index is 5.49. The normalized spacial score (nSPS) is 15.2. The molecule has 0 spiro atoms. The molecule has 1 heterocycles. The third kappa shape index (κ3) is 4.02. The Kier molecular flexibility index (Phi) is 5.56. The Labute approximate surface area is 113 Å². The van der Waals surface area contributed by atoms with E-state index < -0.39 is 0 Å². The van der Waals surface area contributed by atoms with Crippen molar-refractivity contribution in [1.82, 2.24) is 10.3 Å². The first-order valence-electron chi connectivity index (χ1n) is 6.55. The molecule has 1 aliphatic rings. The summed E-state index contributed by atoms with van der Waals surface area (Å²) in [6, 6.07) is 0. The number of thiazole rings is 1. The van der Waals surface area contributed by atoms with Gasteiger partial charge >= 0.3 is 0 Å². The van der Waals surface area contributed by atoms with Crippen molar-refractivity contribution in [2.24, 2.45) is 0 Å². The molecule has 0 radical (unpaired) electrons. The van der Waals surface area contributed by atoms with Crippen LogP contribution >= 0.6 is 11.3 Å². The summed E-state index contributed by atoms with van der Waals surface area (Å²) in [5.41, 5.74) is 1.33. The topological polar surface area (TPSA) is 43.4 Å². The number of aromatic nitrogens is 1. The molecular weight excluding hydrogens is 248 g/mol. The molecule has 0 aliphatic heterocycles. The molecule has 1 saturated carbocycles. The number of hydrogen-bond donors (Lipinski definition) is 1.